The van der Waals surface area contributed by atoms with E-state index in [2.05, 4.69) is 11.9 Å². The molecule has 0 aliphatic heterocycles. The van der Waals surface area contributed by atoms with E-state index in [0.29, 0.717) is 0 Å². The van der Waals surface area contributed by atoms with Crippen molar-refractivity contribution in [2.45, 2.75) is 31.5 Å². The van der Waals surface area contributed by atoms with Crippen molar-refractivity contribution < 1.29 is 0 Å². The lowest BCUT2D eigenvalue weighted by molar-refractivity contribution is 0.498. The molecule has 9 heavy (non-hydrogen) atoms. The van der Waals surface area contributed by atoms with Crippen molar-refractivity contribution in [3.8, 4) is 0 Å². The van der Waals surface area contributed by atoms with Crippen LogP contribution >= 0.6 is 0 Å². The lowest BCUT2D eigenvalue weighted by Gasteiger charge is -2.14. The number of nitrogens with two attached hydrogens (primary N) is 1. The normalized spacial score (nSPS) is 25.1. The highest BCUT2D eigenvalue weighted by molar-refractivity contribution is 5.14. The van der Waals surface area contributed by atoms with Gasteiger partial charge in [-0.15, -0.1) is 6.58 Å². The molecule has 1 aliphatic rings. The van der Waals surface area contributed by atoms with E-state index in [1.165, 1.54) is 12.8 Å². The zero-order valence-electron chi connectivity index (χ0n) is 5.85. The molecule has 0 amide bonds. The van der Waals surface area contributed by atoms with Crippen molar-refractivity contribution in [2.75, 3.05) is 0 Å². The monoisotopic (exact) mass is 126 g/mol. The van der Waals surface area contributed by atoms with Crippen LogP contribution in [0, 0.1) is 0 Å². The molecule has 0 saturated heterocycles. The van der Waals surface area contributed by atoms with Gasteiger partial charge in [-0.25, -0.2) is 0 Å². The van der Waals surface area contributed by atoms with Gasteiger partial charge in [-0.3, -0.25) is 5.32 Å². The largest absolute Gasteiger partial charge is 0.316 e. The summed E-state index contributed by atoms with van der Waals surface area (Å²) in [6.07, 6.45) is 4.43. The Bertz CT molecular complexity index is 114. The first-order valence-corrected chi connectivity index (χ1v) is 3.35. The van der Waals surface area contributed by atoms with Crippen molar-refractivity contribution in [3.05, 3.63) is 12.7 Å². The summed E-state index contributed by atoms with van der Waals surface area (Å²) >= 11 is 0. The fraction of sp³-hybridized carbons (Fsp3) is 0.714. The molecule has 0 spiro atoms. The molecule has 0 aromatic carbocycles. The van der Waals surface area contributed by atoms with Gasteiger partial charge in [-0.05, 0) is 19.8 Å². The van der Waals surface area contributed by atoms with Gasteiger partial charge in [0.2, 0.25) is 0 Å². The Morgan fingerprint density at radius 2 is 2.33 bits per heavy atom. The molecular formula is C7H14N2. The molecule has 1 fully saturated rings. The van der Waals surface area contributed by atoms with Gasteiger partial charge in [0.15, 0.2) is 0 Å². The Labute approximate surface area is 56.1 Å². The van der Waals surface area contributed by atoms with Crippen molar-refractivity contribution in [1.82, 2.24) is 5.32 Å². The third-order valence-electron chi connectivity index (χ3n) is 1.69. The Hall–Kier alpha value is -0.340. The predicted octanol–water partition coefficient (Wildman–Crippen LogP) is 0.599. The maximum absolute atomic E-state index is 5.54. The molecule has 1 unspecified atom stereocenters. The molecule has 0 heterocycles. The molecular weight excluding hydrogens is 112 g/mol. The highest BCUT2D eigenvalue weighted by Crippen LogP contribution is 2.36. The Kier molecular flexibility index (Phi) is 1.60. The van der Waals surface area contributed by atoms with Crippen molar-refractivity contribution in [2.24, 2.45) is 5.73 Å². The van der Waals surface area contributed by atoms with Crippen LogP contribution in [0.5, 0.6) is 0 Å². The third-order valence-corrected chi connectivity index (χ3v) is 1.69. The van der Waals surface area contributed by atoms with Crippen LogP contribution in [0.1, 0.15) is 19.8 Å². The smallest absolute Gasteiger partial charge is 0.0523 e. The van der Waals surface area contributed by atoms with Gasteiger partial charge in [0.1, 0.15) is 0 Å². The highest BCUT2D eigenvalue weighted by Gasteiger charge is 2.39. The molecule has 1 rings (SSSR count). The van der Waals surface area contributed by atoms with E-state index in [-0.39, 0.29) is 11.7 Å². The summed E-state index contributed by atoms with van der Waals surface area (Å²) < 4.78 is 0. The van der Waals surface area contributed by atoms with E-state index in [0.717, 1.165) is 0 Å². The molecule has 52 valence electrons. The quantitative estimate of drug-likeness (QED) is 0.429. The van der Waals surface area contributed by atoms with Crippen LogP contribution in [-0.4, -0.2) is 11.7 Å². The minimum atomic E-state index is 0.0884. The van der Waals surface area contributed by atoms with Gasteiger partial charge >= 0.3 is 0 Å². The van der Waals surface area contributed by atoms with Crippen LogP contribution in [0.15, 0.2) is 12.7 Å². The third kappa shape index (κ3) is 1.53. The van der Waals surface area contributed by atoms with Crippen LogP contribution < -0.4 is 11.1 Å². The minimum absolute atomic E-state index is 0.0884. The molecule has 1 aliphatic carbocycles. The first-order valence-electron chi connectivity index (χ1n) is 3.35. The van der Waals surface area contributed by atoms with Crippen LogP contribution in [-0.2, 0) is 0 Å². The zero-order valence-corrected chi connectivity index (χ0v) is 5.85. The van der Waals surface area contributed by atoms with Gasteiger partial charge in [-0.1, -0.05) is 6.08 Å². The maximum atomic E-state index is 5.54. The molecule has 0 aromatic heterocycles. The summed E-state index contributed by atoms with van der Waals surface area (Å²) in [4.78, 5) is 0. The standard InChI is InChI=1S/C7H14N2/c1-3-7(4-5-7)9-6(2)8/h3,6,9H,1,4-5,8H2,2H3. The second-order valence-corrected chi connectivity index (χ2v) is 2.79. The topological polar surface area (TPSA) is 38.0 Å². The number of rotatable bonds is 3. The van der Waals surface area contributed by atoms with E-state index in [9.17, 15) is 0 Å². The van der Waals surface area contributed by atoms with Crippen molar-refractivity contribution in [1.29, 1.82) is 0 Å². The minimum Gasteiger partial charge on any atom is -0.316 e. The molecule has 0 aromatic rings. The molecule has 1 atom stereocenters. The van der Waals surface area contributed by atoms with E-state index in [1.807, 2.05) is 13.0 Å². The summed E-state index contributed by atoms with van der Waals surface area (Å²) in [5, 5.41) is 3.24. The first kappa shape index (κ1) is 6.78. The summed E-state index contributed by atoms with van der Waals surface area (Å²) in [5.41, 5.74) is 5.74. The van der Waals surface area contributed by atoms with Crippen LogP contribution in [0.4, 0.5) is 0 Å². The second kappa shape index (κ2) is 2.12. The van der Waals surface area contributed by atoms with E-state index in [4.69, 9.17) is 5.73 Å². The average molecular weight is 126 g/mol. The highest BCUT2D eigenvalue weighted by atomic mass is 15.1. The predicted molar refractivity (Wildman–Crippen MR) is 38.9 cm³/mol. The molecule has 0 radical (unpaired) electrons. The van der Waals surface area contributed by atoms with Crippen molar-refractivity contribution >= 4 is 0 Å². The van der Waals surface area contributed by atoms with Gasteiger partial charge in [0.05, 0.1) is 6.17 Å². The number of hydrogen-bond acceptors (Lipinski definition) is 2. The van der Waals surface area contributed by atoms with Crippen LogP contribution in [0.25, 0.3) is 0 Å². The van der Waals surface area contributed by atoms with E-state index in [1.54, 1.807) is 0 Å². The summed E-state index contributed by atoms with van der Waals surface area (Å²) in [6.45, 7) is 5.68. The number of hydrogen-bond donors (Lipinski definition) is 2. The fourth-order valence-corrected chi connectivity index (χ4v) is 0.995. The average Bonchev–Trinajstić information content (AvgIpc) is 2.48. The van der Waals surface area contributed by atoms with Crippen LogP contribution in [0.3, 0.4) is 0 Å². The first-order chi connectivity index (χ1) is 4.18. The summed E-state index contributed by atoms with van der Waals surface area (Å²) in [6, 6.07) is 0. The second-order valence-electron chi connectivity index (χ2n) is 2.79. The summed E-state index contributed by atoms with van der Waals surface area (Å²) in [5.74, 6) is 0. The van der Waals surface area contributed by atoms with Gasteiger partial charge in [-0.2, -0.15) is 0 Å². The molecule has 2 heteroatoms. The lowest BCUT2D eigenvalue weighted by atomic mass is 10.2. The lowest BCUT2D eigenvalue weighted by Crippen LogP contribution is -2.42. The maximum Gasteiger partial charge on any atom is 0.0523 e. The molecule has 0 bridgehead atoms. The Morgan fingerprint density at radius 3 is 2.44 bits per heavy atom. The van der Waals surface area contributed by atoms with Gasteiger partial charge < -0.3 is 5.73 Å². The summed E-state index contributed by atoms with van der Waals surface area (Å²) in [7, 11) is 0. The molecule has 3 N–H and O–H groups in total. The van der Waals surface area contributed by atoms with Gasteiger partial charge in [0, 0.05) is 5.54 Å². The van der Waals surface area contributed by atoms with Crippen LogP contribution in [0.2, 0.25) is 0 Å². The fourth-order valence-electron chi connectivity index (χ4n) is 0.995. The molecule has 1 saturated carbocycles. The SMILES string of the molecule is C=CC1(NC(C)N)CC1. The molecule has 2 nitrogen and oxygen atoms in total. The Morgan fingerprint density at radius 1 is 1.78 bits per heavy atom. The van der Waals surface area contributed by atoms with Gasteiger partial charge in [0.25, 0.3) is 0 Å². The van der Waals surface area contributed by atoms with E-state index >= 15 is 0 Å². The Balaban J connectivity index is 2.33. The zero-order chi connectivity index (χ0) is 6.91. The van der Waals surface area contributed by atoms with Crippen molar-refractivity contribution in [3.63, 3.8) is 0 Å². The number of nitrogens with one attached hydrogen (secondary N) is 1. The van der Waals surface area contributed by atoms with E-state index < -0.39 is 0 Å².